The zero-order valence-electron chi connectivity index (χ0n) is 9.11. The number of benzene rings is 1. The summed E-state index contributed by atoms with van der Waals surface area (Å²) in [5.74, 6) is 0. The maximum atomic E-state index is 2.48. The molecule has 0 amide bonds. The van der Waals surface area contributed by atoms with Crippen LogP contribution in [0.2, 0.25) is 0 Å². The molecule has 0 bridgehead atoms. The number of fused-ring (bicyclic) bond motifs is 1. The number of hydrogen-bond acceptors (Lipinski definition) is 1. The van der Waals surface area contributed by atoms with Gasteiger partial charge >= 0.3 is 0 Å². The number of anilines is 1. The van der Waals surface area contributed by atoms with Gasteiger partial charge in [0.15, 0.2) is 0 Å². The number of hydrogen-bond donors (Lipinski definition) is 0. The Kier molecular flexibility index (Phi) is 1.94. The number of aryl methyl sites for hydroxylation is 1. The lowest BCUT2D eigenvalue weighted by Crippen LogP contribution is -2.17. The monoisotopic (exact) mass is 200 g/mol. The van der Waals surface area contributed by atoms with Gasteiger partial charge in [0.25, 0.3) is 0 Å². The van der Waals surface area contributed by atoms with Crippen LogP contribution in [0.15, 0.2) is 30.5 Å². The van der Waals surface area contributed by atoms with Gasteiger partial charge in [-0.2, -0.15) is 0 Å². The van der Waals surface area contributed by atoms with Crippen LogP contribution in [0.25, 0.3) is 10.9 Å². The first-order valence-electron chi connectivity index (χ1n) is 5.65. The van der Waals surface area contributed by atoms with E-state index in [1.807, 2.05) is 0 Å². The lowest BCUT2D eigenvalue weighted by atomic mass is 10.2. The van der Waals surface area contributed by atoms with Crippen LogP contribution in [0.4, 0.5) is 5.69 Å². The first kappa shape index (κ1) is 8.84. The van der Waals surface area contributed by atoms with Crippen molar-refractivity contribution >= 4 is 16.6 Å². The highest BCUT2D eigenvalue weighted by Gasteiger charge is 2.12. The molecule has 1 aromatic heterocycles. The third kappa shape index (κ3) is 1.41. The van der Waals surface area contributed by atoms with Gasteiger partial charge in [0.2, 0.25) is 0 Å². The van der Waals surface area contributed by atoms with Gasteiger partial charge in [-0.05, 0) is 36.4 Å². The lowest BCUT2D eigenvalue weighted by molar-refractivity contribution is 0.949. The van der Waals surface area contributed by atoms with Crippen LogP contribution >= 0.6 is 0 Å². The van der Waals surface area contributed by atoms with Gasteiger partial charge in [-0.3, -0.25) is 0 Å². The summed E-state index contributed by atoms with van der Waals surface area (Å²) in [7, 11) is 2.11. The lowest BCUT2D eigenvalue weighted by Gasteiger charge is -2.17. The maximum Gasteiger partial charge on any atom is 0.0498 e. The Labute approximate surface area is 90.1 Å². The molecule has 1 aliphatic heterocycles. The van der Waals surface area contributed by atoms with Gasteiger partial charge in [0, 0.05) is 37.5 Å². The second kappa shape index (κ2) is 3.30. The Morgan fingerprint density at radius 3 is 2.67 bits per heavy atom. The molecule has 0 atom stereocenters. The second-order valence-corrected chi connectivity index (χ2v) is 4.36. The third-order valence-corrected chi connectivity index (χ3v) is 3.34. The van der Waals surface area contributed by atoms with E-state index in [1.165, 1.54) is 42.5 Å². The third-order valence-electron chi connectivity index (χ3n) is 3.34. The SMILES string of the molecule is Cn1ccc2ccc(N3CCCC3)cc21. The summed E-state index contributed by atoms with van der Waals surface area (Å²) in [6, 6.07) is 8.94. The summed E-state index contributed by atoms with van der Waals surface area (Å²) < 4.78 is 2.19. The Hall–Kier alpha value is -1.44. The molecule has 2 nitrogen and oxygen atoms in total. The fraction of sp³-hybridized carbons (Fsp3) is 0.385. The normalized spacial score (nSPS) is 16.5. The summed E-state index contributed by atoms with van der Waals surface area (Å²) in [6.45, 7) is 2.44. The number of nitrogens with zero attached hydrogens (tertiary/aromatic N) is 2. The van der Waals surface area contributed by atoms with Gasteiger partial charge in [-0.1, -0.05) is 6.07 Å². The van der Waals surface area contributed by atoms with Crippen molar-refractivity contribution in [2.75, 3.05) is 18.0 Å². The zero-order valence-corrected chi connectivity index (χ0v) is 9.11. The zero-order chi connectivity index (χ0) is 10.3. The summed E-state index contributed by atoms with van der Waals surface area (Å²) in [5, 5.41) is 1.33. The summed E-state index contributed by atoms with van der Waals surface area (Å²) in [4.78, 5) is 2.48. The molecule has 2 heteroatoms. The fourth-order valence-electron chi connectivity index (χ4n) is 2.42. The highest BCUT2D eigenvalue weighted by Crippen LogP contribution is 2.25. The smallest absolute Gasteiger partial charge is 0.0498 e. The Bertz CT molecular complexity index is 478. The Balaban J connectivity index is 2.08. The molecule has 1 saturated heterocycles. The molecule has 0 radical (unpaired) electrons. The Morgan fingerprint density at radius 1 is 1.07 bits per heavy atom. The van der Waals surface area contributed by atoms with Crippen molar-refractivity contribution in [2.45, 2.75) is 12.8 Å². The minimum absolute atomic E-state index is 1.22. The van der Waals surface area contributed by atoms with Crippen molar-refractivity contribution in [3.63, 3.8) is 0 Å². The highest BCUT2D eigenvalue weighted by molar-refractivity contribution is 5.83. The topological polar surface area (TPSA) is 8.17 Å². The van der Waals surface area contributed by atoms with E-state index in [-0.39, 0.29) is 0 Å². The van der Waals surface area contributed by atoms with Gasteiger partial charge in [-0.25, -0.2) is 0 Å². The van der Waals surface area contributed by atoms with Crippen LogP contribution in [0.3, 0.4) is 0 Å². The molecule has 0 N–H and O–H groups in total. The van der Waals surface area contributed by atoms with E-state index in [1.54, 1.807) is 0 Å². The minimum atomic E-state index is 1.22. The van der Waals surface area contributed by atoms with Crippen LogP contribution in [0, 0.1) is 0 Å². The molecule has 0 spiro atoms. The predicted octanol–water partition coefficient (Wildman–Crippen LogP) is 2.78. The Morgan fingerprint density at radius 2 is 1.87 bits per heavy atom. The molecular weight excluding hydrogens is 184 g/mol. The standard InChI is InChI=1S/C13H16N2/c1-14-9-6-11-4-5-12(10-13(11)14)15-7-2-3-8-15/h4-6,9-10H,2-3,7-8H2,1H3. The average molecular weight is 200 g/mol. The number of rotatable bonds is 1. The van der Waals surface area contributed by atoms with E-state index in [2.05, 4.69) is 47.0 Å². The van der Waals surface area contributed by atoms with E-state index in [9.17, 15) is 0 Å². The maximum absolute atomic E-state index is 2.48. The van der Waals surface area contributed by atoms with Crippen LogP contribution < -0.4 is 4.90 Å². The molecule has 0 aliphatic carbocycles. The van der Waals surface area contributed by atoms with Gasteiger partial charge < -0.3 is 9.47 Å². The van der Waals surface area contributed by atoms with E-state index in [4.69, 9.17) is 0 Å². The average Bonchev–Trinajstić information content (AvgIpc) is 2.88. The van der Waals surface area contributed by atoms with E-state index in [0.717, 1.165) is 0 Å². The van der Waals surface area contributed by atoms with Crippen LogP contribution in [-0.4, -0.2) is 17.7 Å². The summed E-state index contributed by atoms with van der Waals surface area (Å²) in [5.41, 5.74) is 2.71. The first-order chi connectivity index (χ1) is 7.34. The van der Waals surface area contributed by atoms with E-state index < -0.39 is 0 Å². The van der Waals surface area contributed by atoms with Crippen molar-refractivity contribution < 1.29 is 0 Å². The molecule has 1 aromatic carbocycles. The summed E-state index contributed by atoms with van der Waals surface area (Å²) in [6.07, 6.45) is 4.80. The minimum Gasteiger partial charge on any atom is -0.371 e. The van der Waals surface area contributed by atoms with Crippen molar-refractivity contribution in [2.24, 2.45) is 7.05 Å². The van der Waals surface area contributed by atoms with Gasteiger partial charge in [0.05, 0.1) is 0 Å². The first-order valence-corrected chi connectivity index (χ1v) is 5.65. The van der Waals surface area contributed by atoms with Crippen molar-refractivity contribution in [3.05, 3.63) is 30.5 Å². The molecular formula is C13H16N2. The fourth-order valence-corrected chi connectivity index (χ4v) is 2.42. The molecule has 2 heterocycles. The molecule has 15 heavy (non-hydrogen) atoms. The van der Waals surface area contributed by atoms with Gasteiger partial charge in [0.1, 0.15) is 0 Å². The number of aromatic nitrogens is 1. The highest BCUT2D eigenvalue weighted by atomic mass is 15.1. The van der Waals surface area contributed by atoms with Crippen molar-refractivity contribution in [1.29, 1.82) is 0 Å². The van der Waals surface area contributed by atoms with E-state index in [0.29, 0.717) is 0 Å². The molecule has 1 aliphatic rings. The van der Waals surface area contributed by atoms with Crippen LogP contribution in [0.5, 0.6) is 0 Å². The molecule has 3 rings (SSSR count). The second-order valence-electron chi connectivity index (χ2n) is 4.36. The molecule has 0 saturated carbocycles. The van der Waals surface area contributed by atoms with Crippen molar-refractivity contribution in [1.82, 2.24) is 4.57 Å². The quantitative estimate of drug-likeness (QED) is 0.687. The predicted molar refractivity (Wildman–Crippen MR) is 64.4 cm³/mol. The molecule has 0 unspecified atom stereocenters. The molecule has 78 valence electrons. The van der Waals surface area contributed by atoms with Gasteiger partial charge in [-0.15, -0.1) is 0 Å². The van der Waals surface area contributed by atoms with Crippen LogP contribution in [0.1, 0.15) is 12.8 Å². The summed E-state index contributed by atoms with van der Waals surface area (Å²) >= 11 is 0. The van der Waals surface area contributed by atoms with Crippen molar-refractivity contribution in [3.8, 4) is 0 Å². The largest absolute Gasteiger partial charge is 0.371 e. The molecule has 1 fully saturated rings. The van der Waals surface area contributed by atoms with E-state index >= 15 is 0 Å². The van der Waals surface area contributed by atoms with Crippen LogP contribution in [-0.2, 0) is 7.05 Å². The molecule has 2 aromatic rings.